The lowest BCUT2D eigenvalue weighted by Crippen LogP contribution is -2.26. The summed E-state index contributed by atoms with van der Waals surface area (Å²) in [5.41, 5.74) is 1.24. The number of amides is 1. The number of hydrogen-bond donors (Lipinski definition) is 1. The van der Waals surface area contributed by atoms with Gasteiger partial charge in [-0.25, -0.2) is 4.68 Å². The highest BCUT2D eigenvalue weighted by molar-refractivity contribution is 6.35. The monoisotopic (exact) mass is 505 g/mol. The summed E-state index contributed by atoms with van der Waals surface area (Å²) in [6.07, 6.45) is 1.49. The third kappa shape index (κ3) is 4.87. The van der Waals surface area contributed by atoms with E-state index in [0.717, 1.165) is 5.56 Å². The smallest absolute Gasteiger partial charge is 0.284 e. The molecule has 0 aliphatic carbocycles. The Labute approximate surface area is 203 Å². The zero-order chi connectivity index (χ0) is 22.8. The van der Waals surface area contributed by atoms with Gasteiger partial charge in [0, 0.05) is 27.0 Å². The Morgan fingerprint density at radius 1 is 0.812 bits per heavy atom. The number of rotatable bonds is 5. The zero-order valence-corrected chi connectivity index (χ0v) is 19.4. The van der Waals surface area contributed by atoms with Crippen LogP contribution in [0.4, 0.5) is 5.69 Å². The average Bonchev–Trinajstić information content (AvgIpc) is 3.07. The van der Waals surface area contributed by atoms with E-state index < -0.39 is 11.5 Å². The Morgan fingerprint density at radius 2 is 1.41 bits per heavy atom. The maximum atomic E-state index is 13.3. The summed E-state index contributed by atoms with van der Waals surface area (Å²) < 4.78 is 2.97. The van der Waals surface area contributed by atoms with Crippen molar-refractivity contribution in [3.8, 4) is 5.69 Å². The van der Waals surface area contributed by atoms with E-state index in [9.17, 15) is 9.59 Å². The third-order valence-electron chi connectivity index (χ3n) is 4.70. The van der Waals surface area contributed by atoms with Crippen molar-refractivity contribution in [2.45, 2.75) is 6.54 Å². The molecular formula is C23H15Cl4N3O2. The number of anilines is 1. The zero-order valence-electron chi connectivity index (χ0n) is 16.4. The Kier molecular flexibility index (Phi) is 6.63. The Bertz CT molecular complexity index is 1340. The number of nitrogens with zero attached hydrogens (tertiary/aromatic N) is 2. The van der Waals surface area contributed by atoms with Crippen LogP contribution in [0.2, 0.25) is 20.1 Å². The van der Waals surface area contributed by atoms with Crippen LogP contribution in [0.15, 0.2) is 77.7 Å². The largest absolute Gasteiger partial charge is 0.322 e. The number of carbonyl (C=O) groups is 1. The van der Waals surface area contributed by atoms with Crippen molar-refractivity contribution in [3.05, 3.63) is 114 Å². The Morgan fingerprint density at radius 3 is 2.03 bits per heavy atom. The van der Waals surface area contributed by atoms with Gasteiger partial charge < -0.3 is 5.32 Å². The molecule has 0 unspecified atom stereocenters. The molecule has 9 heteroatoms. The van der Waals surface area contributed by atoms with E-state index in [4.69, 9.17) is 46.4 Å². The van der Waals surface area contributed by atoms with Gasteiger partial charge >= 0.3 is 0 Å². The molecule has 0 aliphatic rings. The summed E-state index contributed by atoms with van der Waals surface area (Å²) in [7, 11) is 0. The molecule has 5 nitrogen and oxygen atoms in total. The molecule has 0 atom stereocenters. The van der Waals surface area contributed by atoms with Crippen LogP contribution in [0.5, 0.6) is 0 Å². The molecular weight excluding hydrogens is 492 g/mol. The molecule has 0 fully saturated rings. The van der Waals surface area contributed by atoms with Crippen molar-refractivity contribution < 1.29 is 4.79 Å². The number of carbonyl (C=O) groups excluding carboxylic acids is 1. The third-order valence-corrected chi connectivity index (χ3v) is 5.74. The first-order valence-corrected chi connectivity index (χ1v) is 10.9. The van der Waals surface area contributed by atoms with Gasteiger partial charge in [-0.1, -0.05) is 58.5 Å². The van der Waals surface area contributed by atoms with Crippen LogP contribution >= 0.6 is 46.4 Å². The van der Waals surface area contributed by atoms with Crippen molar-refractivity contribution >= 4 is 58.0 Å². The van der Waals surface area contributed by atoms with Gasteiger partial charge in [0.05, 0.1) is 17.3 Å². The lowest BCUT2D eigenvalue weighted by Gasteiger charge is -2.13. The highest BCUT2D eigenvalue weighted by Gasteiger charge is 2.21. The lowest BCUT2D eigenvalue weighted by atomic mass is 10.2. The minimum absolute atomic E-state index is 0.0417. The molecule has 0 saturated heterocycles. The first-order chi connectivity index (χ1) is 15.3. The molecule has 4 aromatic rings. The van der Waals surface area contributed by atoms with E-state index in [1.54, 1.807) is 53.2 Å². The van der Waals surface area contributed by atoms with E-state index >= 15 is 0 Å². The van der Waals surface area contributed by atoms with Crippen LogP contribution < -0.4 is 10.9 Å². The van der Waals surface area contributed by atoms with Gasteiger partial charge in [0.15, 0.2) is 0 Å². The fraction of sp³-hybridized carbons (Fsp3) is 0.0435. The van der Waals surface area contributed by atoms with E-state index in [0.29, 0.717) is 33.0 Å². The van der Waals surface area contributed by atoms with E-state index in [2.05, 4.69) is 5.32 Å². The number of nitrogens with one attached hydrogen (secondary N) is 1. The normalized spacial score (nSPS) is 10.9. The molecule has 1 heterocycles. The predicted octanol–water partition coefficient (Wildman–Crippen LogP) is 6.55. The summed E-state index contributed by atoms with van der Waals surface area (Å²) >= 11 is 24.3. The molecule has 0 spiro atoms. The minimum atomic E-state index is -0.550. The number of halogens is 4. The second kappa shape index (κ2) is 9.43. The maximum absolute atomic E-state index is 13.3. The fourth-order valence-electron chi connectivity index (χ4n) is 3.17. The second-order valence-corrected chi connectivity index (χ2v) is 8.66. The number of hydrogen-bond acceptors (Lipinski definition) is 2. The Hall–Kier alpha value is -2.70. The van der Waals surface area contributed by atoms with Crippen LogP contribution in [0, 0.1) is 0 Å². The summed E-state index contributed by atoms with van der Waals surface area (Å²) in [4.78, 5) is 26.2. The first kappa shape index (κ1) is 22.5. The molecule has 0 saturated carbocycles. The van der Waals surface area contributed by atoms with Crippen LogP contribution in [0.25, 0.3) is 5.69 Å². The molecule has 4 rings (SSSR count). The molecule has 1 N–H and O–H groups in total. The number of aromatic nitrogens is 2. The molecule has 0 radical (unpaired) electrons. The van der Waals surface area contributed by atoms with Crippen molar-refractivity contribution in [1.29, 1.82) is 0 Å². The van der Waals surface area contributed by atoms with Gasteiger partial charge in [0.25, 0.3) is 11.5 Å². The molecule has 162 valence electrons. The molecule has 1 amide bonds. The van der Waals surface area contributed by atoms with E-state index in [1.807, 2.05) is 12.1 Å². The van der Waals surface area contributed by atoms with Crippen LogP contribution in [0.1, 0.15) is 15.9 Å². The quantitative estimate of drug-likeness (QED) is 0.333. The van der Waals surface area contributed by atoms with E-state index in [1.165, 1.54) is 16.9 Å². The van der Waals surface area contributed by atoms with Crippen molar-refractivity contribution in [3.63, 3.8) is 0 Å². The predicted molar refractivity (Wildman–Crippen MR) is 130 cm³/mol. The van der Waals surface area contributed by atoms with Crippen LogP contribution in [0.3, 0.4) is 0 Å². The van der Waals surface area contributed by atoms with Gasteiger partial charge in [0.2, 0.25) is 0 Å². The lowest BCUT2D eigenvalue weighted by molar-refractivity contribution is 0.102. The molecule has 0 bridgehead atoms. The standard InChI is InChI=1S/C23H15Cl4N3O2/c24-15-3-1-14(2-4-15)12-29-13-19(22(31)28-18-8-5-16(25)6-9-18)23(32)30(29)21-10-7-17(26)11-20(21)27/h1-11,13H,12H2,(H,28,31). The van der Waals surface area contributed by atoms with Crippen molar-refractivity contribution in [2.24, 2.45) is 0 Å². The highest BCUT2D eigenvalue weighted by Crippen LogP contribution is 2.24. The van der Waals surface area contributed by atoms with E-state index in [-0.39, 0.29) is 10.6 Å². The van der Waals surface area contributed by atoms with Crippen molar-refractivity contribution in [2.75, 3.05) is 5.32 Å². The van der Waals surface area contributed by atoms with Crippen LogP contribution in [-0.2, 0) is 6.54 Å². The summed E-state index contributed by atoms with van der Waals surface area (Å²) in [5.74, 6) is -0.550. The number of benzene rings is 3. The molecule has 3 aromatic carbocycles. The van der Waals surface area contributed by atoms with Gasteiger partial charge in [0.1, 0.15) is 5.56 Å². The summed E-state index contributed by atoms with van der Waals surface area (Å²) in [6, 6.07) is 18.6. The topological polar surface area (TPSA) is 56.0 Å². The summed E-state index contributed by atoms with van der Waals surface area (Å²) in [6.45, 7) is 0.305. The van der Waals surface area contributed by atoms with Gasteiger partial charge in [-0.15, -0.1) is 0 Å². The van der Waals surface area contributed by atoms with Crippen LogP contribution in [-0.4, -0.2) is 15.3 Å². The van der Waals surface area contributed by atoms with Crippen molar-refractivity contribution in [1.82, 2.24) is 9.36 Å². The molecule has 0 aliphatic heterocycles. The van der Waals surface area contributed by atoms with Gasteiger partial charge in [-0.05, 0) is 60.2 Å². The van der Waals surface area contributed by atoms with Gasteiger partial charge in [-0.2, -0.15) is 0 Å². The fourth-order valence-corrected chi connectivity index (χ4v) is 3.91. The van der Waals surface area contributed by atoms with Gasteiger partial charge in [-0.3, -0.25) is 14.3 Å². The maximum Gasteiger partial charge on any atom is 0.284 e. The summed E-state index contributed by atoms with van der Waals surface area (Å²) in [5, 5.41) is 4.57. The second-order valence-electron chi connectivity index (χ2n) is 6.94. The average molecular weight is 507 g/mol. The first-order valence-electron chi connectivity index (χ1n) is 9.41. The SMILES string of the molecule is O=C(Nc1ccc(Cl)cc1)c1cn(Cc2ccc(Cl)cc2)n(-c2ccc(Cl)cc2Cl)c1=O. The molecule has 1 aromatic heterocycles. The molecule has 32 heavy (non-hydrogen) atoms. The highest BCUT2D eigenvalue weighted by atomic mass is 35.5. The minimum Gasteiger partial charge on any atom is -0.322 e. The Balaban J connectivity index is 1.78.